The molecule has 0 aliphatic carbocycles. The molecule has 156 valence electrons. The van der Waals surface area contributed by atoms with E-state index in [0.29, 0.717) is 0 Å². The van der Waals surface area contributed by atoms with E-state index in [2.05, 4.69) is 0 Å². The van der Waals surface area contributed by atoms with Crippen LogP contribution in [0.5, 0.6) is 0 Å². The van der Waals surface area contributed by atoms with Crippen molar-refractivity contribution in [3.63, 3.8) is 0 Å². The number of hydrogen-bond donors (Lipinski definition) is 0. The van der Waals surface area contributed by atoms with Crippen molar-refractivity contribution in [3.05, 3.63) is 59.7 Å². The van der Waals surface area contributed by atoms with E-state index in [-0.39, 0.29) is 0 Å². The zero-order chi connectivity index (χ0) is 21.2. The zero-order valence-electron chi connectivity index (χ0n) is 18.1. The predicted molar refractivity (Wildman–Crippen MR) is 115 cm³/mol. The molecule has 0 spiro atoms. The summed E-state index contributed by atoms with van der Waals surface area (Å²) in [4.78, 5) is 0. The van der Waals surface area contributed by atoms with Crippen molar-refractivity contribution in [3.8, 4) is 0 Å². The van der Waals surface area contributed by atoms with Crippen LogP contribution >= 0.6 is 0 Å². The Morgan fingerprint density at radius 1 is 0.536 bits per heavy atom. The van der Waals surface area contributed by atoms with Gasteiger partial charge in [0.05, 0.1) is 0 Å². The molecule has 0 heterocycles. The van der Waals surface area contributed by atoms with Crippen LogP contribution in [0.15, 0.2) is 48.5 Å². The molecule has 28 heavy (non-hydrogen) atoms. The Bertz CT molecular complexity index is 684. The highest BCUT2D eigenvalue weighted by Crippen LogP contribution is 2.09. The van der Waals surface area contributed by atoms with Gasteiger partial charge >= 0.3 is 17.6 Å². The van der Waals surface area contributed by atoms with Crippen LogP contribution in [-0.4, -0.2) is 60.3 Å². The average molecular weight is 425 g/mol. The molecule has 0 fully saturated rings. The SMILES string of the molecule is CO[Si](OC)(OC)c1ccc(C)cc1.CO[Si](OC)(OC)c1ccccc1C. The van der Waals surface area contributed by atoms with Gasteiger partial charge in [-0.05, 0) is 19.4 Å². The Hall–Kier alpha value is -1.37. The van der Waals surface area contributed by atoms with E-state index >= 15 is 0 Å². The predicted octanol–water partition coefficient (Wildman–Crippen LogP) is 2.16. The van der Waals surface area contributed by atoms with Gasteiger partial charge in [0.15, 0.2) is 0 Å². The third-order valence-corrected chi connectivity index (χ3v) is 9.98. The van der Waals surface area contributed by atoms with Crippen LogP contribution in [0.3, 0.4) is 0 Å². The first-order chi connectivity index (χ1) is 13.4. The Labute approximate surface area is 171 Å². The number of aryl methyl sites for hydroxylation is 2. The van der Waals surface area contributed by atoms with Crippen LogP contribution < -0.4 is 10.4 Å². The van der Waals surface area contributed by atoms with Crippen LogP contribution in [0, 0.1) is 13.8 Å². The summed E-state index contributed by atoms with van der Waals surface area (Å²) in [5.74, 6) is 0. The molecular formula is C20H32O6Si2. The normalized spacial score (nSPS) is 11.7. The minimum Gasteiger partial charge on any atom is -0.373 e. The molecule has 0 saturated carbocycles. The van der Waals surface area contributed by atoms with Crippen LogP contribution in [0.4, 0.5) is 0 Å². The fourth-order valence-corrected chi connectivity index (χ4v) is 6.67. The first-order valence-corrected chi connectivity index (χ1v) is 12.3. The summed E-state index contributed by atoms with van der Waals surface area (Å²) in [7, 11) is 4.43. The van der Waals surface area contributed by atoms with Gasteiger partial charge in [-0.3, -0.25) is 0 Å². The summed E-state index contributed by atoms with van der Waals surface area (Å²) < 4.78 is 32.3. The molecule has 8 heteroatoms. The molecular weight excluding hydrogens is 392 g/mol. The minimum absolute atomic E-state index is 0.982. The molecule has 0 amide bonds. The van der Waals surface area contributed by atoms with E-state index in [9.17, 15) is 0 Å². The molecule has 2 aromatic carbocycles. The highest BCUT2D eigenvalue weighted by molar-refractivity contribution is 6.76. The largest absolute Gasteiger partial charge is 0.536 e. The lowest BCUT2D eigenvalue weighted by Crippen LogP contribution is -2.55. The van der Waals surface area contributed by atoms with Crippen molar-refractivity contribution in [2.75, 3.05) is 42.7 Å². The minimum atomic E-state index is -2.64. The Morgan fingerprint density at radius 3 is 1.36 bits per heavy atom. The second-order valence-corrected chi connectivity index (χ2v) is 11.8. The molecule has 0 N–H and O–H groups in total. The summed E-state index contributed by atoms with van der Waals surface area (Å²) >= 11 is 0. The highest BCUT2D eigenvalue weighted by Gasteiger charge is 2.42. The van der Waals surface area contributed by atoms with Crippen molar-refractivity contribution in [1.29, 1.82) is 0 Å². The van der Waals surface area contributed by atoms with Crippen LogP contribution in [0.25, 0.3) is 0 Å². The van der Waals surface area contributed by atoms with Crippen molar-refractivity contribution < 1.29 is 26.6 Å². The molecule has 0 unspecified atom stereocenters. The summed E-state index contributed by atoms with van der Waals surface area (Å²) in [6.45, 7) is 4.06. The maximum atomic E-state index is 5.40. The Morgan fingerprint density at radius 2 is 0.964 bits per heavy atom. The first kappa shape index (κ1) is 24.7. The van der Waals surface area contributed by atoms with Gasteiger partial charge in [-0.2, -0.15) is 0 Å². The molecule has 0 atom stereocenters. The first-order valence-electron chi connectivity index (χ1n) is 8.82. The third-order valence-electron chi connectivity index (χ3n) is 4.49. The van der Waals surface area contributed by atoms with E-state index in [1.807, 2.05) is 62.4 Å². The molecule has 6 nitrogen and oxygen atoms in total. The van der Waals surface area contributed by atoms with Gasteiger partial charge in [0.2, 0.25) is 0 Å². The topological polar surface area (TPSA) is 55.4 Å². The van der Waals surface area contributed by atoms with Crippen molar-refractivity contribution in [2.45, 2.75) is 13.8 Å². The Kier molecular flexibility index (Phi) is 10.2. The average Bonchev–Trinajstić information content (AvgIpc) is 2.74. The lowest BCUT2D eigenvalue weighted by molar-refractivity contribution is 0.140. The van der Waals surface area contributed by atoms with Crippen molar-refractivity contribution in [2.24, 2.45) is 0 Å². The van der Waals surface area contributed by atoms with Gasteiger partial charge in [-0.25, -0.2) is 0 Å². The van der Waals surface area contributed by atoms with E-state index in [0.717, 1.165) is 15.9 Å². The van der Waals surface area contributed by atoms with Crippen molar-refractivity contribution in [1.82, 2.24) is 0 Å². The van der Waals surface area contributed by atoms with Gasteiger partial charge in [-0.15, -0.1) is 0 Å². The quantitative estimate of drug-likeness (QED) is 0.606. The van der Waals surface area contributed by atoms with Gasteiger partial charge in [-0.1, -0.05) is 54.1 Å². The van der Waals surface area contributed by atoms with Gasteiger partial charge < -0.3 is 26.6 Å². The van der Waals surface area contributed by atoms with Crippen LogP contribution in [-0.2, 0) is 26.6 Å². The summed E-state index contributed by atoms with van der Waals surface area (Å²) in [5.41, 5.74) is 2.34. The third kappa shape index (κ3) is 5.59. The summed E-state index contributed by atoms with van der Waals surface area (Å²) in [5, 5.41) is 2.00. The summed E-state index contributed by atoms with van der Waals surface area (Å²) in [6.07, 6.45) is 0. The fourth-order valence-electron chi connectivity index (χ4n) is 2.86. The van der Waals surface area contributed by atoms with Crippen LogP contribution in [0.1, 0.15) is 11.1 Å². The molecule has 0 aliphatic rings. The van der Waals surface area contributed by atoms with E-state index in [1.165, 1.54) is 5.56 Å². The number of hydrogen-bond acceptors (Lipinski definition) is 6. The van der Waals surface area contributed by atoms with E-state index in [1.54, 1.807) is 42.7 Å². The van der Waals surface area contributed by atoms with E-state index in [4.69, 9.17) is 26.6 Å². The molecule has 2 aromatic rings. The molecule has 2 rings (SSSR count). The lowest BCUT2D eigenvalue weighted by atomic mass is 10.2. The number of benzene rings is 2. The van der Waals surface area contributed by atoms with Gasteiger partial charge in [0, 0.05) is 53.0 Å². The fraction of sp³-hybridized carbons (Fsp3) is 0.400. The number of rotatable bonds is 8. The molecule has 0 aromatic heterocycles. The summed E-state index contributed by atoms with van der Waals surface area (Å²) in [6, 6.07) is 16.0. The maximum absolute atomic E-state index is 5.40. The van der Waals surface area contributed by atoms with E-state index < -0.39 is 17.6 Å². The lowest BCUT2D eigenvalue weighted by Gasteiger charge is -2.25. The maximum Gasteiger partial charge on any atom is 0.536 e. The molecule has 0 saturated heterocycles. The van der Waals surface area contributed by atoms with Crippen LogP contribution in [0.2, 0.25) is 0 Å². The van der Waals surface area contributed by atoms with Crippen molar-refractivity contribution >= 4 is 28.0 Å². The monoisotopic (exact) mass is 424 g/mol. The second kappa shape index (κ2) is 11.6. The second-order valence-electron chi connectivity index (χ2n) is 6.02. The molecule has 0 aliphatic heterocycles. The Balaban J connectivity index is 0.000000280. The van der Waals surface area contributed by atoms with Gasteiger partial charge in [0.1, 0.15) is 0 Å². The molecule has 0 radical (unpaired) electrons. The molecule has 0 bridgehead atoms. The highest BCUT2D eigenvalue weighted by atomic mass is 28.4. The zero-order valence-corrected chi connectivity index (χ0v) is 20.1. The standard InChI is InChI=1S/2C10H16O3Si/c1-9-5-7-10(8-6-9)14(11-2,12-3)13-4;1-9-7-5-6-8-10(9)14(11-2,12-3)13-4/h2*5-8H,1-4H3. The van der Waals surface area contributed by atoms with Gasteiger partial charge in [0.25, 0.3) is 0 Å². The smallest absolute Gasteiger partial charge is 0.373 e.